The lowest BCUT2D eigenvalue weighted by Gasteiger charge is -2.35. The Labute approximate surface area is 107 Å². The number of thiocarbonyl (C=S) groups is 1. The maximum Gasteiger partial charge on any atom is 0.233 e. The first-order valence-electron chi connectivity index (χ1n) is 6.25. The van der Waals surface area contributed by atoms with E-state index in [9.17, 15) is 4.79 Å². The zero-order valence-corrected chi connectivity index (χ0v) is 11.0. The summed E-state index contributed by atoms with van der Waals surface area (Å²) in [6, 6.07) is 0.233. The van der Waals surface area contributed by atoms with Crippen LogP contribution in [-0.4, -0.2) is 30.2 Å². The minimum absolute atomic E-state index is 0.00676. The fraction of sp³-hybridized carbons (Fsp3) is 0.833. The number of ether oxygens (including phenoxy) is 1. The molecule has 0 aromatic carbocycles. The quantitative estimate of drug-likeness (QED) is 0.736. The van der Waals surface area contributed by atoms with Crippen molar-refractivity contribution in [3.63, 3.8) is 0 Å². The van der Waals surface area contributed by atoms with Crippen LogP contribution < -0.4 is 11.1 Å². The van der Waals surface area contributed by atoms with E-state index in [2.05, 4.69) is 12.2 Å². The van der Waals surface area contributed by atoms with Crippen LogP contribution in [0.15, 0.2) is 0 Å². The third-order valence-corrected chi connectivity index (χ3v) is 4.33. The molecule has 1 atom stereocenters. The van der Waals surface area contributed by atoms with Crippen LogP contribution in [0.25, 0.3) is 0 Å². The number of rotatable bonds is 4. The lowest BCUT2D eigenvalue weighted by Crippen LogP contribution is -2.53. The second-order valence-electron chi connectivity index (χ2n) is 5.16. The van der Waals surface area contributed by atoms with Gasteiger partial charge < -0.3 is 15.8 Å². The summed E-state index contributed by atoms with van der Waals surface area (Å²) in [5, 5.41) is 3.07. The van der Waals surface area contributed by atoms with Gasteiger partial charge in [-0.15, -0.1) is 0 Å². The van der Waals surface area contributed by atoms with Gasteiger partial charge in [0.2, 0.25) is 5.91 Å². The Balaban J connectivity index is 2.03. The van der Waals surface area contributed by atoms with Gasteiger partial charge in [-0.05, 0) is 38.5 Å². The summed E-state index contributed by atoms with van der Waals surface area (Å²) >= 11 is 5.10. The van der Waals surface area contributed by atoms with E-state index in [0.29, 0.717) is 37.0 Å². The topological polar surface area (TPSA) is 64.4 Å². The predicted molar refractivity (Wildman–Crippen MR) is 69.6 cm³/mol. The molecule has 2 fully saturated rings. The van der Waals surface area contributed by atoms with Crippen molar-refractivity contribution >= 4 is 23.1 Å². The highest BCUT2D eigenvalue weighted by Gasteiger charge is 2.44. The third kappa shape index (κ3) is 2.60. The molecule has 2 rings (SSSR count). The summed E-state index contributed by atoms with van der Waals surface area (Å²) in [5.41, 5.74) is 5.10. The van der Waals surface area contributed by atoms with Crippen molar-refractivity contribution < 1.29 is 9.53 Å². The molecule has 96 valence electrons. The summed E-state index contributed by atoms with van der Waals surface area (Å²) in [7, 11) is 0. The molecule has 1 aliphatic carbocycles. The highest BCUT2D eigenvalue weighted by molar-refractivity contribution is 7.80. The van der Waals surface area contributed by atoms with E-state index < -0.39 is 5.41 Å². The number of nitrogens with two attached hydrogens (primary N) is 1. The maximum atomic E-state index is 12.4. The Morgan fingerprint density at radius 2 is 2.06 bits per heavy atom. The second-order valence-corrected chi connectivity index (χ2v) is 5.60. The summed E-state index contributed by atoms with van der Waals surface area (Å²) in [4.78, 5) is 12.7. The monoisotopic (exact) mass is 256 g/mol. The molecule has 0 aromatic rings. The average Bonchev–Trinajstić information content (AvgIpc) is 3.13. The van der Waals surface area contributed by atoms with E-state index in [0.717, 1.165) is 0 Å². The van der Waals surface area contributed by atoms with Gasteiger partial charge in [0, 0.05) is 19.3 Å². The number of amides is 1. The summed E-state index contributed by atoms with van der Waals surface area (Å²) in [6.45, 7) is 3.17. The summed E-state index contributed by atoms with van der Waals surface area (Å²) in [5.74, 6) is 0.634. The van der Waals surface area contributed by atoms with E-state index >= 15 is 0 Å². The number of carbonyl (C=O) groups is 1. The average molecular weight is 256 g/mol. The van der Waals surface area contributed by atoms with Crippen molar-refractivity contribution in [1.29, 1.82) is 0 Å². The predicted octanol–water partition coefficient (Wildman–Crippen LogP) is 0.984. The molecule has 1 unspecified atom stereocenters. The van der Waals surface area contributed by atoms with Gasteiger partial charge in [-0.2, -0.15) is 0 Å². The molecule has 1 saturated carbocycles. The molecule has 5 heteroatoms. The van der Waals surface area contributed by atoms with Gasteiger partial charge in [0.25, 0.3) is 0 Å². The Kier molecular flexibility index (Phi) is 3.68. The zero-order chi connectivity index (χ0) is 12.5. The maximum absolute atomic E-state index is 12.4. The van der Waals surface area contributed by atoms with Crippen LogP contribution in [0.4, 0.5) is 0 Å². The number of hydrogen-bond donors (Lipinski definition) is 2. The fourth-order valence-electron chi connectivity index (χ4n) is 2.36. The van der Waals surface area contributed by atoms with E-state index in [4.69, 9.17) is 22.7 Å². The molecule has 0 aromatic heterocycles. The summed E-state index contributed by atoms with van der Waals surface area (Å²) < 4.78 is 5.29. The zero-order valence-electron chi connectivity index (χ0n) is 10.2. The molecule has 1 amide bonds. The molecule has 1 aliphatic heterocycles. The van der Waals surface area contributed by atoms with Crippen molar-refractivity contribution in [3.05, 3.63) is 0 Å². The Morgan fingerprint density at radius 3 is 2.53 bits per heavy atom. The SMILES string of the molecule is CC(NC(=O)C1(C(N)=S)CCOCC1)C1CC1. The molecule has 0 spiro atoms. The van der Waals surface area contributed by atoms with Gasteiger partial charge in [0.15, 0.2) is 0 Å². The van der Waals surface area contributed by atoms with Gasteiger partial charge in [-0.25, -0.2) is 0 Å². The molecule has 17 heavy (non-hydrogen) atoms. The van der Waals surface area contributed by atoms with Gasteiger partial charge in [-0.1, -0.05) is 12.2 Å². The van der Waals surface area contributed by atoms with E-state index in [1.165, 1.54) is 12.8 Å². The molecule has 1 heterocycles. The Morgan fingerprint density at radius 1 is 1.47 bits per heavy atom. The summed E-state index contributed by atoms with van der Waals surface area (Å²) in [6.07, 6.45) is 3.63. The molecule has 0 bridgehead atoms. The molecular weight excluding hydrogens is 236 g/mol. The molecule has 0 radical (unpaired) electrons. The fourth-order valence-corrected chi connectivity index (χ4v) is 2.66. The van der Waals surface area contributed by atoms with Gasteiger partial charge >= 0.3 is 0 Å². The van der Waals surface area contributed by atoms with Crippen molar-refractivity contribution in [2.45, 2.75) is 38.6 Å². The smallest absolute Gasteiger partial charge is 0.233 e. The van der Waals surface area contributed by atoms with Crippen LogP contribution in [0.2, 0.25) is 0 Å². The van der Waals surface area contributed by atoms with E-state index in [1.807, 2.05) is 0 Å². The van der Waals surface area contributed by atoms with Gasteiger partial charge in [-0.3, -0.25) is 4.79 Å². The highest BCUT2D eigenvalue weighted by atomic mass is 32.1. The largest absolute Gasteiger partial charge is 0.392 e. The van der Waals surface area contributed by atoms with E-state index in [1.54, 1.807) is 0 Å². The number of hydrogen-bond acceptors (Lipinski definition) is 3. The van der Waals surface area contributed by atoms with Crippen molar-refractivity contribution in [2.24, 2.45) is 17.1 Å². The third-order valence-electron chi connectivity index (χ3n) is 3.94. The van der Waals surface area contributed by atoms with Crippen LogP contribution in [0.5, 0.6) is 0 Å². The number of nitrogens with one attached hydrogen (secondary N) is 1. The normalized spacial score (nSPS) is 25.0. The number of carbonyl (C=O) groups excluding carboxylic acids is 1. The van der Waals surface area contributed by atoms with Gasteiger partial charge in [0.1, 0.15) is 5.41 Å². The first-order chi connectivity index (χ1) is 8.06. The minimum Gasteiger partial charge on any atom is -0.392 e. The van der Waals surface area contributed by atoms with Crippen molar-refractivity contribution in [2.75, 3.05) is 13.2 Å². The molecular formula is C12H20N2O2S. The standard InChI is InChI=1S/C12H20N2O2S/c1-8(9-2-3-9)14-11(15)12(10(13)17)4-6-16-7-5-12/h8-9H,2-7H2,1H3,(H2,13,17)(H,14,15). The van der Waals surface area contributed by atoms with Crippen molar-refractivity contribution in [1.82, 2.24) is 5.32 Å². The van der Waals surface area contributed by atoms with Crippen LogP contribution >= 0.6 is 12.2 Å². The Hall–Kier alpha value is -0.680. The molecule has 3 N–H and O–H groups in total. The van der Waals surface area contributed by atoms with E-state index in [-0.39, 0.29) is 11.9 Å². The first kappa shape index (κ1) is 12.8. The first-order valence-corrected chi connectivity index (χ1v) is 6.66. The molecule has 2 aliphatic rings. The van der Waals surface area contributed by atoms with Crippen LogP contribution in [0.1, 0.15) is 32.6 Å². The molecule has 4 nitrogen and oxygen atoms in total. The van der Waals surface area contributed by atoms with Crippen LogP contribution in [-0.2, 0) is 9.53 Å². The highest BCUT2D eigenvalue weighted by Crippen LogP contribution is 2.35. The Bertz CT molecular complexity index is 322. The molecule has 1 saturated heterocycles. The second kappa shape index (κ2) is 4.90. The van der Waals surface area contributed by atoms with Crippen LogP contribution in [0, 0.1) is 11.3 Å². The van der Waals surface area contributed by atoms with Crippen LogP contribution in [0.3, 0.4) is 0 Å². The minimum atomic E-state index is -0.684. The van der Waals surface area contributed by atoms with Crippen molar-refractivity contribution in [3.8, 4) is 0 Å². The lowest BCUT2D eigenvalue weighted by molar-refractivity contribution is -0.132. The lowest BCUT2D eigenvalue weighted by atomic mass is 9.79. The van der Waals surface area contributed by atoms with Gasteiger partial charge in [0.05, 0.1) is 4.99 Å².